The number of methoxy groups -OCH3 is 1. The van der Waals surface area contributed by atoms with Crippen molar-refractivity contribution in [1.29, 1.82) is 0 Å². The van der Waals surface area contributed by atoms with Crippen molar-refractivity contribution in [2.45, 2.75) is 11.9 Å². The Kier molecular flexibility index (Phi) is 5.56. The summed E-state index contributed by atoms with van der Waals surface area (Å²) in [5.41, 5.74) is 7.23. The average molecular weight is 387 g/mol. The molecule has 0 fully saturated rings. The molecule has 27 heavy (non-hydrogen) atoms. The number of carbonyl (C=O) groups excluding carboxylic acids is 2. The highest BCUT2D eigenvalue weighted by Gasteiger charge is 2.38. The Balaban J connectivity index is 1.73. The number of carbonyl (C=O) groups is 2. The van der Waals surface area contributed by atoms with Gasteiger partial charge in [0.25, 0.3) is 0 Å². The first kappa shape index (κ1) is 18.7. The normalized spacial score (nSPS) is 17.4. The molecule has 8 heteroatoms. The van der Waals surface area contributed by atoms with Gasteiger partial charge < -0.3 is 19.4 Å². The quantitative estimate of drug-likeness (QED) is 0.757. The topological polar surface area (TPSA) is 105 Å². The SMILES string of the molecule is COC(=O)c1cccc(C2OC(N)=C(OS(=O)Cc3ccccc3)C2=O)c1. The third kappa shape index (κ3) is 4.17. The van der Waals surface area contributed by atoms with E-state index in [9.17, 15) is 13.8 Å². The highest BCUT2D eigenvalue weighted by molar-refractivity contribution is 7.79. The van der Waals surface area contributed by atoms with Crippen LogP contribution >= 0.6 is 0 Å². The third-order valence-corrected chi connectivity index (χ3v) is 4.77. The average Bonchev–Trinajstić information content (AvgIpc) is 2.96. The molecule has 0 amide bonds. The van der Waals surface area contributed by atoms with Gasteiger partial charge in [-0.3, -0.25) is 4.79 Å². The van der Waals surface area contributed by atoms with Crippen molar-refractivity contribution in [3.05, 3.63) is 82.9 Å². The Hall–Kier alpha value is -3.13. The van der Waals surface area contributed by atoms with Crippen LogP contribution in [0, 0.1) is 0 Å². The summed E-state index contributed by atoms with van der Waals surface area (Å²) in [7, 11) is 1.26. The highest BCUT2D eigenvalue weighted by atomic mass is 32.2. The summed E-state index contributed by atoms with van der Waals surface area (Å²) >= 11 is -1.80. The van der Waals surface area contributed by atoms with Gasteiger partial charge in [0, 0.05) is 5.56 Å². The number of ketones is 1. The van der Waals surface area contributed by atoms with Crippen molar-refractivity contribution in [1.82, 2.24) is 0 Å². The molecular weight excluding hydrogens is 370 g/mol. The molecule has 2 aromatic carbocycles. The van der Waals surface area contributed by atoms with Gasteiger partial charge in [-0.2, -0.15) is 0 Å². The maximum atomic E-state index is 12.6. The van der Waals surface area contributed by atoms with Crippen LogP contribution < -0.4 is 5.73 Å². The molecule has 0 spiro atoms. The number of hydrogen-bond acceptors (Lipinski definition) is 7. The second-order valence-corrected chi connectivity index (χ2v) is 6.75. The number of ether oxygens (including phenoxy) is 2. The van der Waals surface area contributed by atoms with E-state index in [4.69, 9.17) is 14.7 Å². The molecule has 2 aromatic rings. The van der Waals surface area contributed by atoms with Crippen molar-refractivity contribution in [2.75, 3.05) is 7.11 Å². The molecule has 0 bridgehead atoms. The Labute approximate surface area is 158 Å². The second-order valence-electron chi connectivity index (χ2n) is 5.69. The number of esters is 1. The number of hydrogen-bond donors (Lipinski definition) is 1. The van der Waals surface area contributed by atoms with Gasteiger partial charge in [-0.05, 0) is 17.7 Å². The fraction of sp³-hybridized carbons (Fsp3) is 0.158. The highest BCUT2D eigenvalue weighted by Crippen LogP contribution is 2.32. The Morgan fingerprint density at radius 1 is 1.19 bits per heavy atom. The largest absolute Gasteiger partial charge is 0.465 e. The fourth-order valence-electron chi connectivity index (χ4n) is 2.56. The molecular formula is C19H17NO6S. The van der Waals surface area contributed by atoms with E-state index < -0.39 is 28.9 Å². The lowest BCUT2D eigenvalue weighted by Crippen LogP contribution is -2.14. The molecule has 3 rings (SSSR count). The monoisotopic (exact) mass is 387 g/mol. The minimum atomic E-state index is -1.80. The van der Waals surface area contributed by atoms with E-state index in [1.165, 1.54) is 13.2 Å². The lowest BCUT2D eigenvalue weighted by molar-refractivity contribution is -0.123. The molecule has 0 aliphatic carbocycles. The summed E-state index contributed by atoms with van der Waals surface area (Å²) in [6.45, 7) is 0. The maximum absolute atomic E-state index is 12.6. The molecule has 2 atom stereocenters. The van der Waals surface area contributed by atoms with Gasteiger partial charge in [-0.25, -0.2) is 9.00 Å². The predicted molar refractivity (Wildman–Crippen MR) is 97.2 cm³/mol. The molecule has 1 aliphatic heterocycles. The minimum absolute atomic E-state index is 0.105. The summed E-state index contributed by atoms with van der Waals surface area (Å²) in [6, 6.07) is 15.3. The first-order valence-corrected chi connectivity index (χ1v) is 9.23. The van der Waals surface area contributed by atoms with Gasteiger partial charge in [-0.15, -0.1) is 0 Å². The van der Waals surface area contributed by atoms with Gasteiger partial charge in [0.2, 0.25) is 28.5 Å². The molecule has 0 saturated carbocycles. The van der Waals surface area contributed by atoms with Crippen molar-refractivity contribution in [3.63, 3.8) is 0 Å². The van der Waals surface area contributed by atoms with Crippen LogP contribution in [-0.4, -0.2) is 23.1 Å². The van der Waals surface area contributed by atoms with Gasteiger partial charge in [0.05, 0.1) is 18.4 Å². The zero-order valence-corrected chi connectivity index (χ0v) is 15.2. The van der Waals surface area contributed by atoms with E-state index in [2.05, 4.69) is 4.74 Å². The van der Waals surface area contributed by atoms with Gasteiger partial charge >= 0.3 is 5.97 Å². The first-order valence-electron chi connectivity index (χ1n) is 7.99. The number of benzene rings is 2. The van der Waals surface area contributed by atoms with Crippen LogP contribution in [0.15, 0.2) is 66.2 Å². The van der Waals surface area contributed by atoms with Crippen LogP contribution in [0.25, 0.3) is 0 Å². The molecule has 1 heterocycles. The summed E-state index contributed by atoms with van der Waals surface area (Å²) < 4.78 is 27.5. The molecule has 0 aromatic heterocycles. The molecule has 2 unspecified atom stereocenters. The zero-order chi connectivity index (χ0) is 19.4. The molecule has 140 valence electrons. The van der Waals surface area contributed by atoms with E-state index in [1.54, 1.807) is 30.3 Å². The van der Waals surface area contributed by atoms with Crippen LogP contribution in [0.4, 0.5) is 0 Å². The molecule has 0 saturated heterocycles. The third-order valence-electron chi connectivity index (χ3n) is 3.84. The van der Waals surface area contributed by atoms with Gasteiger partial charge in [0.1, 0.15) is 0 Å². The molecule has 1 aliphatic rings. The standard InChI is InChI=1S/C19H17NO6S/c1-24-19(22)14-9-5-8-13(10-14)16-15(21)17(18(20)25-16)26-27(23)11-12-6-3-2-4-7-12/h2-10,16H,11,20H2,1H3. The number of nitrogens with two attached hydrogens (primary N) is 1. The Morgan fingerprint density at radius 3 is 2.63 bits per heavy atom. The van der Waals surface area contributed by atoms with Crippen molar-refractivity contribution < 1.29 is 27.5 Å². The fourth-order valence-corrected chi connectivity index (χ4v) is 3.43. The van der Waals surface area contributed by atoms with Crippen LogP contribution in [0.1, 0.15) is 27.6 Å². The van der Waals surface area contributed by atoms with Crippen LogP contribution in [-0.2, 0) is 35.3 Å². The van der Waals surface area contributed by atoms with Crippen molar-refractivity contribution in [3.8, 4) is 0 Å². The van der Waals surface area contributed by atoms with E-state index in [1.807, 2.05) is 18.2 Å². The van der Waals surface area contributed by atoms with Gasteiger partial charge in [-0.1, -0.05) is 42.5 Å². The first-order chi connectivity index (χ1) is 13.0. The zero-order valence-electron chi connectivity index (χ0n) is 14.4. The number of Topliss-reactive ketones (excluding diaryl/α,β-unsaturated/α-hetero) is 1. The maximum Gasteiger partial charge on any atom is 0.337 e. The second kappa shape index (κ2) is 8.05. The minimum Gasteiger partial charge on any atom is -0.465 e. The van der Waals surface area contributed by atoms with E-state index in [0.717, 1.165) is 5.56 Å². The van der Waals surface area contributed by atoms with E-state index in [0.29, 0.717) is 5.56 Å². The van der Waals surface area contributed by atoms with E-state index in [-0.39, 0.29) is 23.0 Å². The lowest BCUT2D eigenvalue weighted by atomic mass is 10.0. The van der Waals surface area contributed by atoms with Gasteiger partial charge in [0.15, 0.2) is 6.10 Å². The van der Waals surface area contributed by atoms with Crippen molar-refractivity contribution in [2.24, 2.45) is 5.73 Å². The van der Waals surface area contributed by atoms with Crippen molar-refractivity contribution >= 4 is 22.8 Å². The Bertz CT molecular complexity index is 925. The predicted octanol–water partition coefficient (Wildman–Crippen LogP) is 2.12. The summed E-state index contributed by atoms with van der Waals surface area (Å²) in [6.07, 6.45) is -1.07. The smallest absolute Gasteiger partial charge is 0.337 e. The summed E-state index contributed by atoms with van der Waals surface area (Å²) in [4.78, 5) is 24.3. The molecule has 0 radical (unpaired) electrons. The summed E-state index contributed by atoms with van der Waals surface area (Å²) in [5.74, 6) is -1.51. The Morgan fingerprint density at radius 2 is 1.93 bits per heavy atom. The number of rotatable bonds is 6. The van der Waals surface area contributed by atoms with Crippen LogP contribution in [0.5, 0.6) is 0 Å². The molecule has 2 N–H and O–H groups in total. The molecule has 7 nitrogen and oxygen atoms in total. The summed E-state index contributed by atoms with van der Waals surface area (Å²) in [5, 5.41) is 0. The van der Waals surface area contributed by atoms with E-state index >= 15 is 0 Å². The van der Waals surface area contributed by atoms with Crippen LogP contribution in [0.2, 0.25) is 0 Å². The van der Waals surface area contributed by atoms with Crippen LogP contribution in [0.3, 0.4) is 0 Å². The lowest BCUT2D eigenvalue weighted by Gasteiger charge is -2.11.